The molecule has 2 unspecified atom stereocenters. The van der Waals surface area contributed by atoms with E-state index in [9.17, 15) is 5.11 Å². The van der Waals surface area contributed by atoms with Gasteiger partial charge in [-0.05, 0) is 25.0 Å². The van der Waals surface area contributed by atoms with Gasteiger partial charge in [-0.25, -0.2) is 0 Å². The Kier molecular flexibility index (Phi) is 14.1. The van der Waals surface area contributed by atoms with Gasteiger partial charge in [0.2, 0.25) is 0 Å². The molecule has 156 valence electrons. The zero-order valence-electron chi connectivity index (χ0n) is 17.2. The van der Waals surface area contributed by atoms with Crippen molar-refractivity contribution in [2.24, 2.45) is 0 Å². The molecule has 0 spiro atoms. The second-order valence-corrected chi connectivity index (χ2v) is 8.17. The summed E-state index contributed by atoms with van der Waals surface area (Å²) in [5.41, 5.74) is -0.133. The first kappa shape index (κ1) is 24.2. The van der Waals surface area contributed by atoms with Crippen molar-refractivity contribution in [1.82, 2.24) is 0 Å². The van der Waals surface area contributed by atoms with Crippen LogP contribution in [0.3, 0.4) is 0 Å². The predicted molar refractivity (Wildman–Crippen MR) is 108 cm³/mol. The van der Waals surface area contributed by atoms with Crippen molar-refractivity contribution in [1.29, 1.82) is 0 Å². The smallest absolute Gasteiger partial charge is 0.132 e. The van der Waals surface area contributed by atoms with Crippen LogP contribution in [0.4, 0.5) is 0 Å². The molecule has 1 aliphatic rings. The minimum absolute atomic E-state index is 0.133. The fourth-order valence-corrected chi connectivity index (χ4v) is 3.84. The molecule has 6 heteroatoms. The molecule has 1 N–H and O–H groups in total. The molecule has 0 aromatic rings. The number of aliphatic hydroxyl groups is 1. The van der Waals surface area contributed by atoms with E-state index in [4.69, 9.17) is 18.9 Å². The van der Waals surface area contributed by atoms with Crippen molar-refractivity contribution in [2.75, 3.05) is 32.2 Å². The molecular weight excluding hydrogens is 352 g/mol. The highest BCUT2D eigenvalue weighted by molar-refractivity contribution is 7.99. The lowest BCUT2D eigenvalue weighted by atomic mass is 9.99. The highest BCUT2D eigenvalue weighted by Gasteiger charge is 2.46. The molecule has 5 atom stereocenters. The number of hydrogen-bond acceptors (Lipinski definition) is 6. The summed E-state index contributed by atoms with van der Waals surface area (Å²) in [6.07, 6.45) is 4.54. The topological polar surface area (TPSA) is 57.2 Å². The Morgan fingerprint density at radius 3 is 2.00 bits per heavy atom. The van der Waals surface area contributed by atoms with E-state index in [0.29, 0.717) is 26.4 Å². The zero-order valence-corrected chi connectivity index (χ0v) is 18.0. The predicted octanol–water partition coefficient (Wildman–Crippen LogP) is 4.01. The van der Waals surface area contributed by atoms with Crippen molar-refractivity contribution < 1.29 is 24.1 Å². The minimum Gasteiger partial charge on any atom is -0.387 e. The Hall–Kier alpha value is 0.150. The molecule has 0 radical (unpaired) electrons. The maximum atomic E-state index is 10.9. The summed E-state index contributed by atoms with van der Waals surface area (Å²) >= 11 is 1.72. The molecule has 0 aliphatic carbocycles. The van der Waals surface area contributed by atoms with Gasteiger partial charge < -0.3 is 24.1 Å². The van der Waals surface area contributed by atoms with E-state index in [0.717, 1.165) is 44.3 Å². The van der Waals surface area contributed by atoms with Gasteiger partial charge in [0.05, 0.1) is 6.61 Å². The second-order valence-electron chi connectivity index (χ2n) is 6.80. The molecular formula is C20H40O5S. The van der Waals surface area contributed by atoms with Gasteiger partial charge >= 0.3 is 0 Å². The van der Waals surface area contributed by atoms with Gasteiger partial charge in [0.15, 0.2) is 0 Å². The third-order valence-electron chi connectivity index (χ3n) is 4.49. The fourth-order valence-electron chi connectivity index (χ4n) is 2.87. The maximum Gasteiger partial charge on any atom is 0.132 e. The third-order valence-corrected chi connectivity index (χ3v) is 5.53. The van der Waals surface area contributed by atoms with Gasteiger partial charge in [0, 0.05) is 19.8 Å². The molecule has 1 aliphatic heterocycles. The van der Waals surface area contributed by atoms with E-state index in [2.05, 4.69) is 27.7 Å². The van der Waals surface area contributed by atoms with E-state index in [-0.39, 0.29) is 23.7 Å². The van der Waals surface area contributed by atoms with Crippen molar-refractivity contribution in [2.45, 2.75) is 96.1 Å². The van der Waals surface area contributed by atoms with Crippen LogP contribution in [0.1, 0.15) is 66.2 Å². The monoisotopic (exact) mass is 392 g/mol. The molecule has 0 saturated carbocycles. The van der Waals surface area contributed by atoms with E-state index in [1.54, 1.807) is 11.8 Å². The summed E-state index contributed by atoms with van der Waals surface area (Å²) in [5.74, 6) is 0.930. The lowest BCUT2D eigenvalue weighted by molar-refractivity contribution is -0.235. The Morgan fingerprint density at radius 1 is 0.846 bits per heavy atom. The highest BCUT2D eigenvalue weighted by atomic mass is 32.2. The second kappa shape index (κ2) is 15.1. The quantitative estimate of drug-likeness (QED) is 0.425. The average Bonchev–Trinajstić information content (AvgIpc) is 2.64. The van der Waals surface area contributed by atoms with Crippen LogP contribution in [0.25, 0.3) is 0 Å². The first-order chi connectivity index (χ1) is 12.7. The van der Waals surface area contributed by atoms with Gasteiger partial charge in [0.1, 0.15) is 29.9 Å². The highest BCUT2D eigenvalue weighted by Crippen LogP contribution is 2.32. The van der Waals surface area contributed by atoms with Crippen LogP contribution in [0, 0.1) is 0 Å². The molecule has 1 saturated heterocycles. The van der Waals surface area contributed by atoms with E-state index in [1.165, 1.54) is 0 Å². The van der Waals surface area contributed by atoms with Crippen LogP contribution in [0.2, 0.25) is 0 Å². The van der Waals surface area contributed by atoms with E-state index < -0.39 is 6.10 Å². The molecule has 1 rings (SSSR count). The number of thioether (sulfide) groups is 1. The lowest BCUT2D eigenvalue weighted by Gasteiger charge is -2.44. The first-order valence-corrected chi connectivity index (χ1v) is 11.5. The first-order valence-electron chi connectivity index (χ1n) is 10.5. The molecule has 1 fully saturated rings. The molecule has 5 nitrogen and oxygen atoms in total. The van der Waals surface area contributed by atoms with Gasteiger partial charge in [-0.3, -0.25) is 0 Å². The van der Waals surface area contributed by atoms with Crippen LogP contribution in [0.15, 0.2) is 0 Å². The number of hydrogen-bond donors (Lipinski definition) is 1. The Morgan fingerprint density at radius 2 is 1.42 bits per heavy atom. The van der Waals surface area contributed by atoms with Crippen LogP contribution in [0.5, 0.6) is 0 Å². The molecule has 26 heavy (non-hydrogen) atoms. The van der Waals surface area contributed by atoms with Gasteiger partial charge in [-0.15, -0.1) is 11.8 Å². The maximum absolute atomic E-state index is 10.9. The molecule has 0 bridgehead atoms. The number of ether oxygens (including phenoxy) is 4. The number of aliphatic hydroxyl groups excluding tert-OH is 1. The third kappa shape index (κ3) is 8.44. The number of rotatable bonds is 15. The van der Waals surface area contributed by atoms with Gasteiger partial charge in [-0.2, -0.15) is 0 Å². The van der Waals surface area contributed by atoms with Crippen molar-refractivity contribution in [3.05, 3.63) is 0 Å². The molecule has 0 aromatic carbocycles. The summed E-state index contributed by atoms with van der Waals surface area (Å²) in [6, 6.07) is 0. The summed E-state index contributed by atoms with van der Waals surface area (Å²) < 4.78 is 24.1. The molecule has 0 aromatic heterocycles. The Bertz CT molecular complexity index is 331. The summed E-state index contributed by atoms with van der Waals surface area (Å²) in [7, 11) is 0. The van der Waals surface area contributed by atoms with Crippen molar-refractivity contribution in [3.63, 3.8) is 0 Å². The van der Waals surface area contributed by atoms with E-state index in [1.807, 2.05) is 0 Å². The molecule has 0 amide bonds. The van der Waals surface area contributed by atoms with Crippen molar-refractivity contribution in [3.8, 4) is 0 Å². The summed E-state index contributed by atoms with van der Waals surface area (Å²) in [5, 5.41) is 10.9. The normalized spacial score (nSPS) is 29.2. The standard InChI is InChI=1S/C20H40O5S/c1-5-9-12-22-15-16-17(21)18(23-13-10-6-2)19(24-14-11-7-3)20(25-16)26-8-4/h16-21H,5-15H2,1-4H3/t16?,17-,18?,19-,20-/m0/s1. The Balaban J connectivity index is 2.76. The minimum atomic E-state index is -0.728. The molecule has 1 heterocycles. The van der Waals surface area contributed by atoms with Crippen LogP contribution >= 0.6 is 11.8 Å². The SMILES string of the molecule is CCCCOCC1O[C@@H](SCC)[C@@H](OCCCC)C(OCCCC)[C@H]1O. The summed E-state index contributed by atoms with van der Waals surface area (Å²) in [6.45, 7) is 10.9. The lowest BCUT2D eigenvalue weighted by Crippen LogP contribution is -2.59. The van der Waals surface area contributed by atoms with Gasteiger partial charge in [-0.1, -0.05) is 47.0 Å². The van der Waals surface area contributed by atoms with Crippen molar-refractivity contribution >= 4 is 11.8 Å². The van der Waals surface area contributed by atoms with Gasteiger partial charge in [0.25, 0.3) is 0 Å². The van der Waals surface area contributed by atoms with E-state index >= 15 is 0 Å². The number of unbranched alkanes of at least 4 members (excludes halogenated alkanes) is 3. The Labute approximate surface area is 164 Å². The zero-order chi connectivity index (χ0) is 19.2. The largest absolute Gasteiger partial charge is 0.387 e. The average molecular weight is 393 g/mol. The fraction of sp³-hybridized carbons (Fsp3) is 1.00. The van der Waals surface area contributed by atoms with Crippen LogP contribution < -0.4 is 0 Å². The summed E-state index contributed by atoms with van der Waals surface area (Å²) in [4.78, 5) is 0. The van der Waals surface area contributed by atoms with Crippen LogP contribution in [-0.2, 0) is 18.9 Å². The van der Waals surface area contributed by atoms with Crippen LogP contribution in [-0.4, -0.2) is 67.1 Å².